The van der Waals surface area contributed by atoms with Gasteiger partial charge in [0.25, 0.3) is 0 Å². The smallest absolute Gasteiger partial charge is 0.401 e. The number of benzene rings is 1. The lowest BCUT2D eigenvalue weighted by Crippen LogP contribution is -2.50. The molecular weight excluding hydrogens is 309 g/mol. The zero-order valence-electron chi connectivity index (χ0n) is 11.0. The normalized spacial score (nSPS) is 18.8. The van der Waals surface area contributed by atoms with Crippen molar-refractivity contribution in [1.29, 1.82) is 0 Å². The molecule has 0 atom stereocenters. The van der Waals surface area contributed by atoms with Crippen LogP contribution in [0.15, 0.2) is 29.2 Å². The first-order valence-electron chi connectivity index (χ1n) is 6.27. The van der Waals surface area contributed by atoms with Gasteiger partial charge in [0.2, 0.25) is 10.0 Å². The van der Waals surface area contributed by atoms with E-state index in [9.17, 15) is 26.7 Å². The van der Waals surface area contributed by atoms with Crippen LogP contribution < -0.4 is 0 Å². The SMILES string of the molecule is O=S(=O)(c1ccccc1O)N1CCN(CC(F)(F)F)CC1. The fourth-order valence-corrected chi connectivity index (χ4v) is 3.70. The molecule has 21 heavy (non-hydrogen) atoms. The average molecular weight is 324 g/mol. The number of para-hydroxylation sites is 1. The van der Waals surface area contributed by atoms with Gasteiger partial charge in [0.1, 0.15) is 10.6 Å². The quantitative estimate of drug-likeness (QED) is 0.909. The Morgan fingerprint density at radius 3 is 2.19 bits per heavy atom. The molecule has 0 bridgehead atoms. The molecule has 1 heterocycles. The fraction of sp³-hybridized carbons (Fsp3) is 0.500. The third kappa shape index (κ3) is 3.86. The van der Waals surface area contributed by atoms with E-state index in [2.05, 4.69) is 0 Å². The van der Waals surface area contributed by atoms with Gasteiger partial charge in [-0.2, -0.15) is 17.5 Å². The first kappa shape index (κ1) is 16.1. The van der Waals surface area contributed by atoms with Gasteiger partial charge >= 0.3 is 6.18 Å². The van der Waals surface area contributed by atoms with Crippen molar-refractivity contribution in [2.24, 2.45) is 0 Å². The number of hydrogen-bond donors (Lipinski definition) is 1. The van der Waals surface area contributed by atoms with Crippen LogP contribution in [-0.4, -0.2) is 61.6 Å². The van der Waals surface area contributed by atoms with Crippen molar-refractivity contribution in [3.05, 3.63) is 24.3 Å². The summed E-state index contributed by atoms with van der Waals surface area (Å²) in [5, 5.41) is 9.62. The topological polar surface area (TPSA) is 60.9 Å². The van der Waals surface area contributed by atoms with Gasteiger partial charge in [0.15, 0.2) is 0 Å². The first-order chi connectivity index (χ1) is 9.70. The summed E-state index contributed by atoms with van der Waals surface area (Å²) in [5.41, 5.74) is 0. The Labute approximate surface area is 120 Å². The van der Waals surface area contributed by atoms with Crippen LogP contribution in [0.5, 0.6) is 5.75 Å². The number of phenols is 1. The van der Waals surface area contributed by atoms with E-state index < -0.39 is 22.7 Å². The van der Waals surface area contributed by atoms with Crippen molar-refractivity contribution < 1.29 is 26.7 Å². The molecule has 1 aromatic rings. The van der Waals surface area contributed by atoms with Gasteiger partial charge < -0.3 is 5.11 Å². The van der Waals surface area contributed by atoms with E-state index in [1.165, 1.54) is 24.3 Å². The predicted octanol–water partition coefficient (Wildman–Crippen LogP) is 1.26. The maximum Gasteiger partial charge on any atom is 0.401 e. The van der Waals surface area contributed by atoms with Gasteiger partial charge in [-0.3, -0.25) is 4.90 Å². The number of halogens is 3. The molecule has 5 nitrogen and oxygen atoms in total. The van der Waals surface area contributed by atoms with Crippen LogP contribution in [-0.2, 0) is 10.0 Å². The maximum atomic E-state index is 12.3. The second kappa shape index (κ2) is 5.82. The molecule has 0 aromatic heterocycles. The summed E-state index contributed by atoms with van der Waals surface area (Å²) in [7, 11) is -3.88. The van der Waals surface area contributed by atoms with Gasteiger partial charge in [-0.05, 0) is 12.1 Å². The van der Waals surface area contributed by atoms with Crippen LogP contribution in [0, 0.1) is 0 Å². The third-order valence-corrected chi connectivity index (χ3v) is 5.16. The van der Waals surface area contributed by atoms with Crippen LogP contribution in [0.2, 0.25) is 0 Å². The minimum Gasteiger partial charge on any atom is -0.507 e. The van der Waals surface area contributed by atoms with E-state index in [-0.39, 0.29) is 36.8 Å². The molecule has 1 aromatic carbocycles. The Kier molecular flexibility index (Phi) is 4.45. The van der Waals surface area contributed by atoms with E-state index in [0.717, 1.165) is 9.21 Å². The molecule has 0 spiro atoms. The lowest BCUT2D eigenvalue weighted by atomic mass is 10.3. The second-order valence-electron chi connectivity index (χ2n) is 4.76. The predicted molar refractivity (Wildman–Crippen MR) is 69.4 cm³/mol. The number of nitrogens with zero attached hydrogens (tertiary/aromatic N) is 2. The van der Waals surface area contributed by atoms with Crippen LogP contribution in [0.3, 0.4) is 0 Å². The number of phenolic OH excluding ortho intramolecular Hbond substituents is 1. The highest BCUT2D eigenvalue weighted by atomic mass is 32.2. The zero-order chi connectivity index (χ0) is 15.7. The number of alkyl halides is 3. The van der Waals surface area contributed by atoms with E-state index in [1.54, 1.807) is 0 Å². The van der Waals surface area contributed by atoms with Crippen LogP contribution in [0.25, 0.3) is 0 Å². The summed E-state index contributed by atoms with van der Waals surface area (Å²) in [5.74, 6) is -0.366. The fourth-order valence-electron chi connectivity index (χ4n) is 2.20. The van der Waals surface area contributed by atoms with Crippen LogP contribution in [0.4, 0.5) is 13.2 Å². The van der Waals surface area contributed by atoms with E-state index in [1.807, 2.05) is 0 Å². The lowest BCUT2D eigenvalue weighted by molar-refractivity contribution is -0.148. The zero-order valence-corrected chi connectivity index (χ0v) is 11.9. The molecule has 0 unspecified atom stereocenters. The van der Waals surface area contributed by atoms with E-state index in [0.29, 0.717) is 0 Å². The van der Waals surface area contributed by atoms with Crippen molar-refractivity contribution in [3.8, 4) is 5.75 Å². The van der Waals surface area contributed by atoms with E-state index in [4.69, 9.17) is 0 Å². The highest BCUT2D eigenvalue weighted by molar-refractivity contribution is 7.89. The Morgan fingerprint density at radius 2 is 1.67 bits per heavy atom. The second-order valence-corrected chi connectivity index (χ2v) is 6.67. The minimum absolute atomic E-state index is 0.00629. The Balaban J connectivity index is 2.07. The minimum atomic E-state index is -4.29. The molecule has 9 heteroatoms. The van der Waals surface area contributed by atoms with Gasteiger partial charge in [0.05, 0.1) is 6.54 Å². The Bertz CT molecular complexity index is 596. The Morgan fingerprint density at radius 1 is 1.10 bits per heavy atom. The molecule has 1 aliphatic heterocycles. The Hall–Kier alpha value is -1.32. The molecule has 0 aliphatic carbocycles. The molecule has 1 saturated heterocycles. The molecule has 0 saturated carbocycles. The molecule has 0 amide bonds. The van der Waals surface area contributed by atoms with Gasteiger partial charge in [-0.25, -0.2) is 8.42 Å². The van der Waals surface area contributed by atoms with Gasteiger partial charge in [-0.15, -0.1) is 0 Å². The van der Waals surface area contributed by atoms with Crippen LogP contribution in [0.1, 0.15) is 0 Å². The first-order valence-corrected chi connectivity index (χ1v) is 7.71. The van der Waals surface area contributed by atoms with Crippen LogP contribution >= 0.6 is 0 Å². The maximum absolute atomic E-state index is 12.3. The van der Waals surface area contributed by atoms with Crippen molar-refractivity contribution in [2.75, 3.05) is 32.7 Å². The highest BCUT2D eigenvalue weighted by Crippen LogP contribution is 2.26. The van der Waals surface area contributed by atoms with Crippen molar-refractivity contribution in [2.45, 2.75) is 11.1 Å². The number of hydrogen-bond acceptors (Lipinski definition) is 4. The molecule has 1 fully saturated rings. The largest absolute Gasteiger partial charge is 0.507 e. The van der Waals surface area contributed by atoms with Gasteiger partial charge in [0, 0.05) is 26.2 Å². The number of sulfonamides is 1. The molecule has 118 valence electrons. The summed E-state index contributed by atoms with van der Waals surface area (Å²) >= 11 is 0. The monoisotopic (exact) mass is 324 g/mol. The summed E-state index contributed by atoms with van der Waals surface area (Å²) in [6.45, 7) is -1.10. The molecule has 0 radical (unpaired) electrons. The number of piperazine rings is 1. The summed E-state index contributed by atoms with van der Waals surface area (Å²) in [4.78, 5) is 0.936. The van der Waals surface area contributed by atoms with E-state index >= 15 is 0 Å². The lowest BCUT2D eigenvalue weighted by Gasteiger charge is -2.34. The van der Waals surface area contributed by atoms with Gasteiger partial charge in [-0.1, -0.05) is 12.1 Å². The average Bonchev–Trinajstić information content (AvgIpc) is 2.37. The molecule has 1 N–H and O–H groups in total. The summed E-state index contributed by atoms with van der Waals surface area (Å²) < 4.78 is 62.6. The van der Waals surface area contributed by atoms with Crippen molar-refractivity contribution in [1.82, 2.24) is 9.21 Å². The van der Waals surface area contributed by atoms with Crippen molar-refractivity contribution in [3.63, 3.8) is 0 Å². The highest BCUT2D eigenvalue weighted by Gasteiger charge is 2.35. The third-order valence-electron chi connectivity index (χ3n) is 3.22. The molecule has 2 rings (SSSR count). The van der Waals surface area contributed by atoms with Crippen molar-refractivity contribution >= 4 is 10.0 Å². The summed E-state index contributed by atoms with van der Waals surface area (Å²) in [6, 6.07) is 5.50. The summed E-state index contributed by atoms with van der Waals surface area (Å²) in [6.07, 6.45) is -4.29. The molecule has 1 aliphatic rings. The standard InChI is InChI=1S/C12H15F3N2O3S/c13-12(14,15)9-16-5-7-17(8-6-16)21(19,20)11-4-2-1-3-10(11)18/h1-4,18H,5-9H2. The molecular formula is C12H15F3N2O3S. The number of aromatic hydroxyl groups is 1. The number of rotatable bonds is 3.